The highest BCUT2D eigenvalue weighted by Gasteiger charge is 2.04. The Morgan fingerprint density at radius 3 is 2.53 bits per heavy atom. The zero-order valence-electron chi connectivity index (χ0n) is 8.82. The Morgan fingerprint density at radius 2 is 2.00 bits per heavy atom. The van der Waals surface area contributed by atoms with Gasteiger partial charge in [-0.1, -0.05) is 31.2 Å². The molecule has 0 bridgehead atoms. The quantitative estimate of drug-likeness (QED) is 0.830. The SMILES string of the molecule is CCc1ccc(-c2nc(OC)n[nH]2)cc1. The third kappa shape index (κ3) is 1.98. The van der Waals surface area contributed by atoms with Crippen LogP contribution in [0.2, 0.25) is 0 Å². The summed E-state index contributed by atoms with van der Waals surface area (Å²) in [5.74, 6) is 0.731. The second kappa shape index (κ2) is 4.13. The minimum atomic E-state index is 0.365. The molecule has 0 spiro atoms. The minimum Gasteiger partial charge on any atom is -0.466 e. The second-order valence-electron chi connectivity index (χ2n) is 3.22. The van der Waals surface area contributed by atoms with E-state index in [1.165, 1.54) is 5.56 Å². The number of aryl methyl sites for hydroxylation is 1. The molecule has 0 aliphatic heterocycles. The standard InChI is InChI=1S/C11H13N3O/c1-3-8-4-6-9(7-5-8)10-12-11(15-2)14-13-10/h4-7H,3H2,1-2H3,(H,12,13,14). The third-order valence-electron chi connectivity index (χ3n) is 2.28. The molecule has 0 aliphatic rings. The third-order valence-corrected chi connectivity index (χ3v) is 2.28. The summed E-state index contributed by atoms with van der Waals surface area (Å²) in [6.07, 6.45) is 1.04. The number of benzene rings is 1. The van der Waals surface area contributed by atoms with Gasteiger partial charge in [-0.15, -0.1) is 5.10 Å². The summed E-state index contributed by atoms with van der Waals surface area (Å²) in [7, 11) is 1.55. The van der Waals surface area contributed by atoms with Crippen molar-refractivity contribution in [3.63, 3.8) is 0 Å². The van der Waals surface area contributed by atoms with Gasteiger partial charge in [0.05, 0.1) is 7.11 Å². The number of hydrogen-bond donors (Lipinski definition) is 1. The highest BCUT2D eigenvalue weighted by Crippen LogP contribution is 2.17. The van der Waals surface area contributed by atoms with Crippen molar-refractivity contribution >= 4 is 0 Å². The van der Waals surface area contributed by atoms with Crippen LogP contribution in [0.3, 0.4) is 0 Å². The molecule has 1 heterocycles. The largest absolute Gasteiger partial charge is 0.466 e. The van der Waals surface area contributed by atoms with Crippen LogP contribution < -0.4 is 4.74 Å². The zero-order valence-corrected chi connectivity index (χ0v) is 8.82. The van der Waals surface area contributed by atoms with Gasteiger partial charge in [0.1, 0.15) is 0 Å². The molecule has 4 nitrogen and oxygen atoms in total. The van der Waals surface area contributed by atoms with Gasteiger partial charge in [-0.05, 0) is 12.0 Å². The van der Waals surface area contributed by atoms with Crippen molar-refractivity contribution in [3.05, 3.63) is 29.8 Å². The predicted octanol–water partition coefficient (Wildman–Crippen LogP) is 2.04. The van der Waals surface area contributed by atoms with Crippen LogP contribution in [0.5, 0.6) is 6.01 Å². The van der Waals surface area contributed by atoms with Gasteiger partial charge in [-0.25, -0.2) is 0 Å². The predicted molar refractivity (Wildman–Crippen MR) is 57.7 cm³/mol. The van der Waals surface area contributed by atoms with E-state index in [4.69, 9.17) is 4.74 Å². The molecule has 1 N–H and O–H groups in total. The molecule has 0 saturated heterocycles. The van der Waals surface area contributed by atoms with Gasteiger partial charge in [0.25, 0.3) is 0 Å². The summed E-state index contributed by atoms with van der Waals surface area (Å²) in [6.45, 7) is 2.13. The van der Waals surface area contributed by atoms with E-state index in [0.29, 0.717) is 6.01 Å². The number of aromatic amines is 1. The van der Waals surface area contributed by atoms with Crippen LogP contribution in [0.25, 0.3) is 11.4 Å². The molecule has 15 heavy (non-hydrogen) atoms. The molecule has 2 rings (SSSR count). The first-order chi connectivity index (χ1) is 7.33. The van der Waals surface area contributed by atoms with Crippen LogP contribution >= 0.6 is 0 Å². The summed E-state index contributed by atoms with van der Waals surface area (Å²) < 4.78 is 4.91. The Balaban J connectivity index is 2.28. The molecule has 78 valence electrons. The van der Waals surface area contributed by atoms with E-state index >= 15 is 0 Å². The summed E-state index contributed by atoms with van der Waals surface area (Å²) in [5, 5.41) is 6.72. The van der Waals surface area contributed by atoms with Gasteiger partial charge in [-0.3, -0.25) is 5.10 Å². The van der Waals surface area contributed by atoms with E-state index in [-0.39, 0.29) is 0 Å². The van der Waals surface area contributed by atoms with E-state index in [1.54, 1.807) is 7.11 Å². The van der Waals surface area contributed by atoms with E-state index in [1.807, 2.05) is 12.1 Å². The molecular formula is C11H13N3O. The van der Waals surface area contributed by atoms with Gasteiger partial charge in [-0.2, -0.15) is 4.98 Å². The topological polar surface area (TPSA) is 50.8 Å². The number of nitrogens with one attached hydrogen (secondary N) is 1. The van der Waals surface area contributed by atoms with E-state index in [9.17, 15) is 0 Å². The van der Waals surface area contributed by atoms with E-state index in [2.05, 4.69) is 34.2 Å². The number of methoxy groups -OCH3 is 1. The molecule has 0 fully saturated rings. The Bertz CT molecular complexity index is 433. The van der Waals surface area contributed by atoms with Crippen molar-refractivity contribution in [1.82, 2.24) is 15.2 Å². The number of rotatable bonds is 3. The monoisotopic (exact) mass is 203 g/mol. The van der Waals surface area contributed by atoms with Crippen molar-refractivity contribution in [2.45, 2.75) is 13.3 Å². The minimum absolute atomic E-state index is 0.365. The maximum absolute atomic E-state index is 4.91. The van der Waals surface area contributed by atoms with Crippen molar-refractivity contribution in [1.29, 1.82) is 0 Å². The Morgan fingerprint density at radius 1 is 1.27 bits per heavy atom. The first-order valence-electron chi connectivity index (χ1n) is 4.89. The zero-order chi connectivity index (χ0) is 10.7. The van der Waals surface area contributed by atoms with Crippen molar-refractivity contribution in [2.24, 2.45) is 0 Å². The fourth-order valence-corrected chi connectivity index (χ4v) is 1.37. The van der Waals surface area contributed by atoms with Gasteiger partial charge in [0, 0.05) is 5.56 Å². The van der Waals surface area contributed by atoms with Crippen LogP contribution in [0.15, 0.2) is 24.3 Å². The molecule has 0 radical (unpaired) electrons. The first kappa shape index (κ1) is 9.71. The second-order valence-corrected chi connectivity index (χ2v) is 3.22. The lowest BCUT2D eigenvalue weighted by Gasteiger charge is -1.98. The van der Waals surface area contributed by atoms with Crippen molar-refractivity contribution in [2.75, 3.05) is 7.11 Å². The van der Waals surface area contributed by atoms with E-state index in [0.717, 1.165) is 17.8 Å². The molecule has 0 atom stereocenters. The van der Waals surface area contributed by atoms with Gasteiger partial charge in [0.2, 0.25) is 0 Å². The average Bonchev–Trinajstić information content (AvgIpc) is 2.78. The number of hydrogen-bond acceptors (Lipinski definition) is 3. The summed E-state index contributed by atoms with van der Waals surface area (Å²) >= 11 is 0. The lowest BCUT2D eigenvalue weighted by Crippen LogP contribution is -1.84. The number of aromatic nitrogens is 3. The van der Waals surface area contributed by atoms with Gasteiger partial charge >= 0.3 is 6.01 Å². The molecule has 0 unspecified atom stereocenters. The van der Waals surface area contributed by atoms with Crippen molar-refractivity contribution in [3.8, 4) is 17.4 Å². The highest BCUT2D eigenvalue weighted by molar-refractivity contribution is 5.55. The van der Waals surface area contributed by atoms with Gasteiger partial charge < -0.3 is 4.74 Å². The van der Waals surface area contributed by atoms with Crippen LogP contribution in [0, 0.1) is 0 Å². The maximum atomic E-state index is 4.91. The highest BCUT2D eigenvalue weighted by atomic mass is 16.5. The fourth-order valence-electron chi connectivity index (χ4n) is 1.37. The Hall–Kier alpha value is -1.84. The molecule has 4 heteroatoms. The molecule has 1 aromatic heterocycles. The maximum Gasteiger partial charge on any atom is 0.335 e. The summed E-state index contributed by atoms with van der Waals surface area (Å²) in [6, 6.07) is 8.59. The lowest BCUT2D eigenvalue weighted by molar-refractivity contribution is 0.382. The van der Waals surface area contributed by atoms with Gasteiger partial charge in [0.15, 0.2) is 5.82 Å². The molecular weight excluding hydrogens is 190 g/mol. The van der Waals surface area contributed by atoms with E-state index < -0.39 is 0 Å². The smallest absolute Gasteiger partial charge is 0.335 e. The van der Waals surface area contributed by atoms with Crippen LogP contribution in [-0.2, 0) is 6.42 Å². The fraction of sp³-hybridized carbons (Fsp3) is 0.273. The molecule has 1 aromatic carbocycles. The van der Waals surface area contributed by atoms with Crippen LogP contribution in [0.1, 0.15) is 12.5 Å². The summed E-state index contributed by atoms with van der Waals surface area (Å²) in [4.78, 5) is 4.17. The molecule has 0 saturated carbocycles. The van der Waals surface area contributed by atoms with Crippen LogP contribution in [-0.4, -0.2) is 22.3 Å². The van der Waals surface area contributed by atoms with Crippen molar-refractivity contribution < 1.29 is 4.74 Å². The molecule has 0 aliphatic carbocycles. The molecule has 0 amide bonds. The Labute approximate surface area is 88.3 Å². The Kier molecular flexibility index (Phi) is 2.67. The normalized spacial score (nSPS) is 10.3. The number of H-pyrrole nitrogens is 1. The number of ether oxygens (including phenoxy) is 1. The number of nitrogens with zero attached hydrogens (tertiary/aromatic N) is 2. The lowest BCUT2D eigenvalue weighted by atomic mass is 10.1. The summed E-state index contributed by atoms with van der Waals surface area (Å²) in [5.41, 5.74) is 2.33. The van der Waals surface area contributed by atoms with Crippen LogP contribution in [0.4, 0.5) is 0 Å². The first-order valence-corrected chi connectivity index (χ1v) is 4.89. The molecule has 2 aromatic rings. The average molecular weight is 203 g/mol.